The zero-order valence-corrected chi connectivity index (χ0v) is 19.6. The number of nitrogens with zero attached hydrogens (tertiary/aromatic N) is 1. The van der Waals surface area contributed by atoms with Gasteiger partial charge in [-0.1, -0.05) is 29.8 Å². The van der Waals surface area contributed by atoms with Crippen molar-refractivity contribution >= 4 is 21.6 Å². The number of fused-ring (bicyclic) bond motifs is 1. The lowest BCUT2D eigenvalue weighted by atomic mass is 10.1. The molecule has 1 aliphatic rings. The third kappa shape index (κ3) is 4.80. The van der Waals surface area contributed by atoms with Gasteiger partial charge < -0.3 is 14.8 Å². The van der Waals surface area contributed by atoms with E-state index < -0.39 is 10.0 Å². The predicted octanol–water partition coefficient (Wildman–Crippen LogP) is 4.08. The van der Waals surface area contributed by atoms with Gasteiger partial charge in [-0.3, -0.25) is 9.10 Å². The number of nitrogens with one attached hydrogen (secondary N) is 1. The average Bonchev–Trinajstić information content (AvgIpc) is 2.83. The number of anilines is 1. The molecule has 1 aliphatic heterocycles. The van der Waals surface area contributed by atoms with Crippen LogP contribution in [0.5, 0.6) is 11.5 Å². The van der Waals surface area contributed by atoms with E-state index in [9.17, 15) is 13.2 Å². The normalized spacial score (nSPS) is 13.8. The summed E-state index contributed by atoms with van der Waals surface area (Å²) in [5.41, 5.74) is 2.61. The quantitative estimate of drug-likeness (QED) is 0.592. The second-order valence-electron chi connectivity index (χ2n) is 7.93. The van der Waals surface area contributed by atoms with Gasteiger partial charge in [0.25, 0.3) is 15.9 Å². The predicted molar refractivity (Wildman–Crippen MR) is 127 cm³/mol. The summed E-state index contributed by atoms with van der Waals surface area (Å²) in [6.45, 7) is 4.78. The van der Waals surface area contributed by atoms with Crippen molar-refractivity contribution in [3.8, 4) is 11.5 Å². The maximum atomic E-state index is 13.0. The summed E-state index contributed by atoms with van der Waals surface area (Å²) in [7, 11) is -2.27. The first-order valence-corrected chi connectivity index (χ1v) is 12.1. The van der Waals surface area contributed by atoms with Crippen LogP contribution in [0.3, 0.4) is 0 Å². The van der Waals surface area contributed by atoms with Gasteiger partial charge in [0.2, 0.25) is 0 Å². The van der Waals surface area contributed by atoms with Gasteiger partial charge in [0.15, 0.2) is 11.5 Å². The Balaban J connectivity index is 1.51. The number of hydrogen-bond acceptors (Lipinski definition) is 5. The van der Waals surface area contributed by atoms with Crippen LogP contribution in [0.4, 0.5) is 5.69 Å². The molecule has 0 saturated carbocycles. The van der Waals surface area contributed by atoms with Crippen LogP contribution < -0.4 is 19.1 Å². The molecule has 1 unspecified atom stereocenters. The molecule has 1 amide bonds. The summed E-state index contributed by atoms with van der Waals surface area (Å²) in [6.07, 6.45) is 0. The van der Waals surface area contributed by atoms with Crippen LogP contribution in [0.25, 0.3) is 0 Å². The molecule has 172 valence electrons. The molecule has 0 fully saturated rings. The molecule has 0 radical (unpaired) electrons. The number of carbonyl (C=O) groups excluding carboxylic acids is 1. The number of rotatable bonds is 6. The molecule has 0 aliphatic carbocycles. The number of hydrogen-bond donors (Lipinski definition) is 1. The second-order valence-corrected chi connectivity index (χ2v) is 9.90. The van der Waals surface area contributed by atoms with Gasteiger partial charge in [-0.05, 0) is 61.9 Å². The molecule has 0 bridgehead atoms. The Kier molecular flexibility index (Phi) is 6.29. The molecule has 33 heavy (non-hydrogen) atoms. The fourth-order valence-corrected chi connectivity index (χ4v) is 4.73. The highest BCUT2D eigenvalue weighted by atomic mass is 32.2. The molecule has 1 heterocycles. The zero-order valence-electron chi connectivity index (χ0n) is 18.7. The van der Waals surface area contributed by atoms with E-state index in [1.165, 1.54) is 11.4 Å². The Hall–Kier alpha value is -3.52. The minimum Gasteiger partial charge on any atom is -0.486 e. The van der Waals surface area contributed by atoms with Crippen molar-refractivity contribution in [2.75, 3.05) is 24.6 Å². The third-order valence-corrected chi connectivity index (χ3v) is 7.36. The second kappa shape index (κ2) is 9.15. The SMILES string of the molecule is Cc1ccc(S(=O)(=O)N(C)c2cccc(C(=O)NC(C)c3ccc4c(c3)OCCO4)c2)cc1. The Labute approximate surface area is 194 Å². The Bertz CT molecular complexity index is 1270. The molecule has 0 spiro atoms. The highest BCUT2D eigenvalue weighted by molar-refractivity contribution is 7.92. The van der Waals surface area contributed by atoms with Crippen molar-refractivity contribution in [2.45, 2.75) is 24.8 Å². The number of benzene rings is 3. The van der Waals surface area contributed by atoms with E-state index in [1.807, 2.05) is 32.0 Å². The number of sulfonamides is 1. The molecular weight excluding hydrogens is 440 g/mol. The fraction of sp³-hybridized carbons (Fsp3) is 0.240. The standard InChI is InChI=1S/C25H26N2O5S/c1-17-7-10-22(11-8-17)33(29,30)27(3)21-6-4-5-20(15-21)25(28)26-18(2)19-9-12-23-24(16-19)32-14-13-31-23/h4-12,15-16,18H,13-14H2,1-3H3,(H,26,28). The summed E-state index contributed by atoms with van der Waals surface area (Å²) in [4.78, 5) is 13.1. The summed E-state index contributed by atoms with van der Waals surface area (Å²) in [6, 6.07) is 18.5. The zero-order chi connectivity index (χ0) is 23.6. The van der Waals surface area contributed by atoms with Gasteiger partial charge in [-0.2, -0.15) is 0 Å². The van der Waals surface area contributed by atoms with Crippen molar-refractivity contribution in [3.05, 3.63) is 83.4 Å². The first kappa shape index (κ1) is 22.7. The molecule has 0 saturated heterocycles. The van der Waals surface area contributed by atoms with Crippen LogP contribution in [0, 0.1) is 6.92 Å². The molecule has 1 atom stereocenters. The van der Waals surface area contributed by atoms with Gasteiger partial charge >= 0.3 is 0 Å². The minimum absolute atomic E-state index is 0.192. The molecule has 4 rings (SSSR count). The maximum Gasteiger partial charge on any atom is 0.264 e. The van der Waals surface area contributed by atoms with E-state index in [4.69, 9.17) is 9.47 Å². The van der Waals surface area contributed by atoms with E-state index in [0.717, 1.165) is 11.1 Å². The van der Waals surface area contributed by atoms with Gasteiger partial charge in [-0.25, -0.2) is 8.42 Å². The van der Waals surface area contributed by atoms with Crippen LogP contribution in [0.1, 0.15) is 34.5 Å². The van der Waals surface area contributed by atoms with Crippen LogP contribution in [0.15, 0.2) is 71.6 Å². The monoisotopic (exact) mass is 466 g/mol. The molecule has 3 aromatic rings. The largest absolute Gasteiger partial charge is 0.486 e. The van der Waals surface area contributed by atoms with Gasteiger partial charge in [-0.15, -0.1) is 0 Å². The fourth-order valence-electron chi connectivity index (χ4n) is 3.54. The van der Waals surface area contributed by atoms with E-state index in [1.54, 1.807) is 48.5 Å². The molecule has 0 aromatic heterocycles. The Morgan fingerprint density at radius 1 is 0.970 bits per heavy atom. The molecule has 1 N–H and O–H groups in total. The van der Waals surface area contributed by atoms with E-state index in [-0.39, 0.29) is 16.8 Å². The molecule has 3 aromatic carbocycles. The summed E-state index contributed by atoms with van der Waals surface area (Å²) in [5.74, 6) is 1.04. The smallest absolute Gasteiger partial charge is 0.264 e. The van der Waals surface area contributed by atoms with Crippen molar-refractivity contribution < 1.29 is 22.7 Å². The van der Waals surface area contributed by atoms with Crippen LogP contribution >= 0.6 is 0 Å². The lowest BCUT2D eigenvalue weighted by Gasteiger charge is -2.22. The van der Waals surface area contributed by atoms with E-state index in [0.29, 0.717) is 36.0 Å². The van der Waals surface area contributed by atoms with Gasteiger partial charge in [0.05, 0.1) is 16.6 Å². The highest BCUT2D eigenvalue weighted by Gasteiger charge is 2.22. The number of amides is 1. The lowest BCUT2D eigenvalue weighted by molar-refractivity contribution is 0.0939. The van der Waals surface area contributed by atoms with E-state index >= 15 is 0 Å². The van der Waals surface area contributed by atoms with Crippen molar-refractivity contribution in [1.82, 2.24) is 5.32 Å². The maximum absolute atomic E-state index is 13.0. The number of aryl methyl sites for hydroxylation is 1. The highest BCUT2D eigenvalue weighted by Crippen LogP contribution is 2.32. The van der Waals surface area contributed by atoms with Crippen molar-refractivity contribution in [1.29, 1.82) is 0 Å². The Morgan fingerprint density at radius 3 is 2.39 bits per heavy atom. The van der Waals surface area contributed by atoms with Crippen LogP contribution in [-0.2, 0) is 10.0 Å². The summed E-state index contributed by atoms with van der Waals surface area (Å²) in [5, 5.41) is 2.96. The Morgan fingerprint density at radius 2 is 1.67 bits per heavy atom. The van der Waals surface area contributed by atoms with E-state index in [2.05, 4.69) is 5.32 Å². The van der Waals surface area contributed by atoms with Crippen LogP contribution in [-0.4, -0.2) is 34.6 Å². The molecule has 8 heteroatoms. The topological polar surface area (TPSA) is 84.9 Å². The van der Waals surface area contributed by atoms with Gasteiger partial charge in [0.1, 0.15) is 13.2 Å². The summed E-state index contributed by atoms with van der Waals surface area (Å²) < 4.78 is 38.4. The lowest BCUT2D eigenvalue weighted by Crippen LogP contribution is -2.28. The number of ether oxygens (including phenoxy) is 2. The van der Waals surface area contributed by atoms with Gasteiger partial charge in [0, 0.05) is 12.6 Å². The number of carbonyl (C=O) groups is 1. The molecular formula is C25H26N2O5S. The molecule has 7 nitrogen and oxygen atoms in total. The minimum atomic E-state index is -3.75. The first-order chi connectivity index (χ1) is 15.8. The summed E-state index contributed by atoms with van der Waals surface area (Å²) >= 11 is 0. The van der Waals surface area contributed by atoms with Crippen molar-refractivity contribution in [2.24, 2.45) is 0 Å². The first-order valence-electron chi connectivity index (χ1n) is 10.6. The van der Waals surface area contributed by atoms with Crippen LogP contribution in [0.2, 0.25) is 0 Å². The van der Waals surface area contributed by atoms with Crippen molar-refractivity contribution in [3.63, 3.8) is 0 Å². The third-order valence-electron chi connectivity index (χ3n) is 5.57. The average molecular weight is 467 g/mol.